The number of aryl methyl sites for hydroxylation is 1. The Labute approximate surface area is 226 Å². The fourth-order valence-corrected chi connectivity index (χ4v) is 6.19. The fraction of sp³-hybridized carbons (Fsp3) is 0.714. The van der Waals surface area contributed by atoms with Crippen molar-refractivity contribution in [2.75, 3.05) is 54.9 Å². The number of thioether (sulfide) groups is 1. The molecular formula is C28H47BrN3O2S+. The molecule has 0 spiro atoms. The van der Waals surface area contributed by atoms with E-state index in [1.54, 1.807) is 0 Å². The zero-order valence-electron chi connectivity index (χ0n) is 22.4. The molecule has 2 N–H and O–H groups in total. The zero-order valence-corrected chi connectivity index (χ0v) is 24.8. The molecule has 7 heteroatoms. The third-order valence-corrected chi connectivity index (χ3v) is 8.47. The van der Waals surface area contributed by atoms with Crippen LogP contribution in [0, 0.1) is 25.2 Å². The minimum Gasteiger partial charge on any atom is -0.396 e. The minimum atomic E-state index is 0.0612. The summed E-state index contributed by atoms with van der Waals surface area (Å²) in [6.07, 6.45) is 8.23. The predicted octanol–water partition coefficient (Wildman–Crippen LogP) is 6.36. The second-order valence-corrected chi connectivity index (χ2v) is 11.6. The lowest BCUT2D eigenvalue weighted by Crippen LogP contribution is -2.55. The van der Waals surface area contributed by atoms with E-state index in [0.29, 0.717) is 12.1 Å². The number of nitrogens with zero attached hydrogens (tertiary/aromatic N) is 2. The summed E-state index contributed by atoms with van der Waals surface area (Å²) < 4.78 is 0.811. The number of anilines is 1. The lowest BCUT2D eigenvalue weighted by Gasteiger charge is -2.38. The molecule has 0 heterocycles. The van der Waals surface area contributed by atoms with E-state index in [2.05, 4.69) is 41.2 Å². The van der Waals surface area contributed by atoms with Gasteiger partial charge in [-0.3, -0.25) is 4.79 Å². The van der Waals surface area contributed by atoms with Crippen LogP contribution in [-0.2, 0) is 11.2 Å². The van der Waals surface area contributed by atoms with Gasteiger partial charge in [0.25, 0.3) is 5.91 Å². The van der Waals surface area contributed by atoms with Crippen molar-refractivity contribution in [3.05, 3.63) is 28.3 Å². The van der Waals surface area contributed by atoms with Gasteiger partial charge >= 0.3 is 0 Å². The Morgan fingerprint density at radius 3 is 2.34 bits per heavy atom. The quantitative estimate of drug-likeness (QED) is 0.116. The van der Waals surface area contributed by atoms with E-state index in [1.807, 2.05) is 31.7 Å². The summed E-state index contributed by atoms with van der Waals surface area (Å²) in [6.45, 7) is 11.9. The van der Waals surface area contributed by atoms with Gasteiger partial charge in [-0.15, -0.1) is 0 Å². The van der Waals surface area contributed by atoms with Gasteiger partial charge in [-0.1, -0.05) is 29.8 Å². The molecule has 0 aliphatic rings. The molecule has 1 unspecified atom stereocenters. The third kappa shape index (κ3) is 11.2. The summed E-state index contributed by atoms with van der Waals surface area (Å²) in [5.41, 5.74) is 4.54. The van der Waals surface area contributed by atoms with Gasteiger partial charge in [-0.2, -0.15) is 17.0 Å². The van der Waals surface area contributed by atoms with E-state index in [9.17, 15) is 15.2 Å². The molecule has 1 rings (SSSR count). The lowest BCUT2D eigenvalue weighted by atomic mass is 9.95. The molecule has 0 saturated carbocycles. The highest BCUT2D eigenvalue weighted by molar-refractivity contribution is 9.09. The number of quaternary nitrogens is 1. The van der Waals surface area contributed by atoms with Crippen molar-refractivity contribution in [2.24, 2.45) is 0 Å². The molecule has 1 aromatic carbocycles. The highest BCUT2D eigenvalue weighted by Gasteiger charge is 2.30. The molecule has 0 aliphatic carbocycles. The van der Waals surface area contributed by atoms with Crippen molar-refractivity contribution in [3.63, 3.8) is 0 Å². The first-order valence-electron chi connectivity index (χ1n) is 13.3. The average Bonchev–Trinajstić information content (AvgIpc) is 2.84. The molecule has 0 aliphatic heterocycles. The number of hydrogen-bond donors (Lipinski definition) is 2. The van der Waals surface area contributed by atoms with Crippen LogP contribution in [0.25, 0.3) is 0 Å². The lowest BCUT2D eigenvalue weighted by molar-refractivity contribution is -0.918. The molecule has 0 fully saturated rings. The Morgan fingerprint density at radius 1 is 1.09 bits per heavy atom. The van der Waals surface area contributed by atoms with Crippen molar-refractivity contribution in [1.82, 2.24) is 0 Å². The highest BCUT2D eigenvalue weighted by atomic mass is 79.9. The van der Waals surface area contributed by atoms with Crippen molar-refractivity contribution in [1.29, 1.82) is 5.26 Å². The predicted molar refractivity (Wildman–Crippen MR) is 155 cm³/mol. The second kappa shape index (κ2) is 18.2. The molecule has 1 aromatic rings. The Hall–Kier alpha value is -1.07. The Morgan fingerprint density at radius 2 is 1.77 bits per heavy atom. The third-order valence-electron chi connectivity index (χ3n) is 6.74. The average molecular weight is 570 g/mol. The monoisotopic (exact) mass is 568 g/mol. The van der Waals surface area contributed by atoms with Gasteiger partial charge in [0.05, 0.1) is 31.3 Å². The first-order chi connectivity index (χ1) is 16.9. The number of amides is 1. The van der Waals surface area contributed by atoms with Gasteiger partial charge in [-0.05, 0) is 93.7 Å². The van der Waals surface area contributed by atoms with Crippen LogP contribution in [0.1, 0.15) is 81.0 Å². The number of benzene rings is 1. The number of nitriles is 1. The zero-order chi connectivity index (χ0) is 26.1. The van der Waals surface area contributed by atoms with Gasteiger partial charge in [-0.25, -0.2) is 0 Å². The van der Waals surface area contributed by atoms with Crippen molar-refractivity contribution >= 4 is 39.3 Å². The number of aliphatic hydroxyl groups excluding tert-OH is 1. The van der Waals surface area contributed by atoms with Crippen LogP contribution in [0.3, 0.4) is 0 Å². The van der Waals surface area contributed by atoms with Crippen LogP contribution < -0.4 is 5.32 Å². The molecule has 1 atom stereocenters. The van der Waals surface area contributed by atoms with Gasteiger partial charge in [0, 0.05) is 23.4 Å². The standard InChI is InChI=1S/C28H46BrN3O2S/c1-5-18-35-19-16-32(14-10-7-9-13-29,15-11-8-12-17-33)22-27(34)31-28-23(3)20-25(21-30)26(6-2)24(28)4/h20,33H,5-19,22H2,1-4H3/p+1. The number of carbonyl (C=O) groups excluding carboxylic acids is 1. The maximum atomic E-state index is 13.5. The first kappa shape index (κ1) is 32.0. The summed E-state index contributed by atoms with van der Waals surface area (Å²) >= 11 is 5.53. The van der Waals surface area contributed by atoms with Gasteiger partial charge in [0.15, 0.2) is 6.54 Å². The number of unbranched alkanes of at least 4 members (excludes halogenated alkanes) is 4. The van der Waals surface area contributed by atoms with Crippen LogP contribution in [0.5, 0.6) is 0 Å². The van der Waals surface area contributed by atoms with Crippen LogP contribution in [0.2, 0.25) is 0 Å². The van der Waals surface area contributed by atoms with E-state index in [1.165, 1.54) is 12.8 Å². The van der Waals surface area contributed by atoms with E-state index < -0.39 is 0 Å². The summed E-state index contributed by atoms with van der Waals surface area (Å²) in [7, 11) is 0. The number of aliphatic hydroxyl groups is 1. The molecule has 35 heavy (non-hydrogen) atoms. The number of nitrogens with one attached hydrogen (secondary N) is 1. The largest absolute Gasteiger partial charge is 0.396 e. The van der Waals surface area contributed by atoms with E-state index in [-0.39, 0.29) is 12.5 Å². The fourth-order valence-electron chi connectivity index (χ4n) is 4.79. The van der Waals surface area contributed by atoms with Gasteiger partial charge < -0.3 is 14.9 Å². The van der Waals surface area contributed by atoms with Crippen LogP contribution >= 0.6 is 27.7 Å². The smallest absolute Gasteiger partial charge is 0.279 e. The number of rotatable bonds is 19. The molecule has 5 nitrogen and oxygen atoms in total. The number of hydrogen-bond acceptors (Lipinski definition) is 4. The summed E-state index contributed by atoms with van der Waals surface area (Å²) in [5.74, 6) is 2.28. The molecule has 0 bridgehead atoms. The molecule has 0 radical (unpaired) electrons. The molecule has 1 amide bonds. The molecule has 0 saturated heterocycles. The molecule has 198 valence electrons. The van der Waals surface area contributed by atoms with Gasteiger partial charge in [0.2, 0.25) is 0 Å². The highest BCUT2D eigenvalue weighted by Crippen LogP contribution is 2.28. The Kier molecular flexibility index (Phi) is 16.6. The van der Waals surface area contributed by atoms with Crippen molar-refractivity contribution in [3.8, 4) is 6.07 Å². The first-order valence-corrected chi connectivity index (χ1v) is 15.6. The summed E-state index contributed by atoms with van der Waals surface area (Å²) in [5, 5.41) is 23.0. The van der Waals surface area contributed by atoms with Crippen molar-refractivity contribution in [2.45, 2.75) is 79.1 Å². The molecular weight excluding hydrogens is 522 g/mol. The Bertz CT molecular complexity index is 779. The molecule has 0 aromatic heterocycles. The van der Waals surface area contributed by atoms with Crippen LogP contribution in [0.15, 0.2) is 6.07 Å². The topological polar surface area (TPSA) is 73.1 Å². The SMILES string of the molecule is CCCSCC[N+](CCCCCO)(CCCCCBr)CC(=O)Nc1c(C)cc(C#N)c(CC)c1C. The normalized spacial score (nSPS) is 12.8. The summed E-state index contributed by atoms with van der Waals surface area (Å²) in [6, 6.07) is 4.21. The van der Waals surface area contributed by atoms with Crippen LogP contribution in [-0.4, -0.2) is 65.1 Å². The van der Waals surface area contributed by atoms with E-state index in [0.717, 1.165) is 102 Å². The number of halogens is 1. The Balaban J connectivity index is 3.13. The van der Waals surface area contributed by atoms with Crippen LogP contribution in [0.4, 0.5) is 5.69 Å². The number of alkyl halides is 1. The van der Waals surface area contributed by atoms with Gasteiger partial charge in [0.1, 0.15) is 0 Å². The van der Waals surface area contributed by atoms with E-state index >= 15 is 0 Å². The second-order valence-electron chi connectivity index (χ2n) is 9.55. The van der Waals surface area contributed by atoms with E-state index in [4.69, 9.17) is 0 Å². The summed E-state index contributed by atoms with van der Waals surface area (Å²) in [4.78, 5) is 13.5. The minimum absolute atomic E-state index is 0.0612. The maximum Gasteiger partial charge on any atom is 0.279 e. The van der Waals surface area contributed by atoms with Crippen molar-refractivity contribution < 1.29 is 14.4 Å². The maximum absolute atomic E-state index is 13.5. The number of carbonyl (C=O) groups is 1.